The van der Waals surface area contributed by atoms with E-state index in [1.54, 1.807) is 36.8 Å². The van der Waals surface area contributed by atoms with Crippen LogP contribution in [-0.2, 0) is 17.9 Å². The van der Waals surface area contributed by atoms with Crippen LogP contribution in [0, 0.1) is 0 Å². The summed E-state index contributed by atoms with van der Waals surface area (Å²) in [6.45, 7) is 1.43. The molecule has 152 valence electrons. The maximum atomic E-state index is 12.3. The van der Waals surface area contributed by atoms with Crippen LogP contribution in [-0.4, -0.2) is 38.7 Å². The number of hydrogen-bond donors (Lipinski definition) is 1. The van der Waals surface area contributed by atoms with Crippen LogP contribution in [0.2, 0.25) is 0 Å². The molecule has 0 radical (unpaired) electrons. The molecule has 0 aliphatic carbocycles. The molecule has 7 heteroatoms. The molecule has 0 fully saturated rings. The third-order valence-electron chi connectivity index (χ3n) is 5.10. The van der Waals surface area contributed by atoms with Crippen molar-refractivity contribution in [3.05, 3.63) is 89.5 Å². The average Bonchev–Trinajstić information content (AvgIpc) is 3.36. The molecule has 0 bridgehead atoms. The molecule has 0 unspecified atom stereocenters. The number of imidazole rings is 1. The highest BCUT2D eigenvalue weighted by molar-refractivity contribution is 6.21. The molecule has 0 spiro atoms. The second-order valence-corrected chi connectivity index (χ2v) is 7.24. The van der Waals surface area contributed by atoms with E-state index in [0.29, 0.717) is 24.1 Å². The van der Waals surface area contributed by atoms with Crippen LogP contribution in [0.15, 0.2) is 67.3 Å². The molecule has 7 nitrogen and oxygen atoms in total. The van der Waals surface area contributed by atoms with Gasteiger partial charge in [-0.3, -0.25) is 19.3 Å². The lowest BCUT2D eigenvalue weighted by Gasteiger charge is -2.13. The third-order valence-corrected chi connectivity index (χ3v) is 5.10. The monoisotopic (exact) mass is 402 g/mol. The molecule has 3 amide bonds. The van der Waals surface area contributed by atoms with Gasteiger partial charge in [0.15, 0.2) is 0 Å². The van der Waals surface area contributed by atoms with Crippen LogP contribution >= 0.6 is 0 Å². The van der Waals surface area contributed by atoms with Gasteiger partial charge in [-0.25, -0.2) is 4.98 Å². The summed E-state index contributed by atoms with van der Waals surface area (Å²) >= 11 is 0. The molecule has 1 aliphatic heterocycles. The van der Waals surface area contributed by atoms with Crippen molar-refractivity contribution in [2.24, 2.45) is 0 Å². The van der Waals surface area contributed by atoms with Crippen molar-refractivity contribution in [3.63, 3.8) is 0 Å². The number of benzene rings is 2. The lowest BCUT2D eigenvalue weighted by molar-refractivity contribution is -0.121. The number of amides is 3. The number of aromatic nitrogens is 2. The van der Waals surface area contributed by atoms with Gasteiger partial charge in [-0.2, -0.15) is 0 Å². The minimum Gasteiger partial charge on any atom is -0.352 e. The molecular weight excluding hydrogens is 380 g/mol. The summed E-state index contributed by atoms with van der Waals surface area (Å²) in [4.78, 5) is 42.0. The fourth-order valence-corrected chi connectivity index (χ4v) is 3.48. The predicted octanol–water partition coefficient (Wildman–Crippen LogP) is 2.62. The van der Waals surface area contributed by atoms with Gasteiger partial charge < -0.3 is 9.88 Å². The van der Waals surface area contributed by atoms with Gasteiger partial charge in [0, 0.05) is 38.4 Å². The molecule has 1 N–H and O–H groups in total. The van der Waals surface area contributed by atoms with Gasteiger partial charge >= 0.3 is 0 Å². The van der Waals surface area contributed by atoms with Gasteiger partial charge in [-0.1, -0.05) is 36.4 Å². The van der Waals surface area contributed by atoms with Crippen LogP contribution in [0.3, 0.4) is 0 Å². The molecule has 0 saturated carbocycles. The average molecular weight is 402 g/mol. The van der Waals surface area contributed by atoms with Crippen molar-refractivity contribution < 1.29 is 14.4 Å². The Morgan fingerprint density at radius 2 is 1.60 bits per heavy atom. The first-order valence-electron chi connectivity index (χ1n) is 9.87. The van der Waals surface area contributed by atoms with Gasteiger partial charge in [0.1, 0.15) is 0 Å². The van der Waals surface area contributed by atoms with Gasteiger partial charge in [-0.15, -0.1) is 0 Å². The van der Waals surface area contributed by atoms with Crippen molar-refractivity contribution in [2.75, 3.05) is 6.54 Å². The zero-order chi connectivity index (χ0) is 20.9. The van der Waals surface area contributed by atoms with Crippen molar-refractivity contribution in [1.29, 1.82) is 0 Å². The highest BCUT2D eigenvalue weighted by Gasteiger charge is 2.34. The quantitative estimate of drug-likeness (QED) is 0.587. The number of carbonyl (C=O) groups excluding carboxylic acids is 3. The number of carbonyl (C=O) groups is 3. The Labute approximate surface area is 174 Å². The Morgan fingerprint density at radius 1 is 0.933 bits per heavy atom. The molecule has 30 heavy (non-hydrogen) atoms. The van der Waals surface area contributed by atoms with Crippen LogP contribution in [0.5, 0.6) is 0 Å². The second kappa shape index (κ2) is 8.73. The molecule has 4 rings (SSSR count). The Kier molecular flexibility index (Phi) is 5.70. The van der Waals surface area contributed by atoms with E-state index in [0.717, 1.165) is 17.7 Å². The molecule has 2 heterocycles. The standard InChI is InChI=1S/C23H22N4O3/c28-21(6-3-12-27-22(29)19-4-1-2-5-20(19)23(27)30)25-14-17-7-9-18(10-8-17)15-26-13-11-24-16-26/h1-2,4-5,7-11,13,16H,3,6,12,14-15H2,(H,25,28). The van der Waals surface area contributed by atoms with Gasteiger partial charge in [0.25, 0.3) is 11.8 Å². The zero-order valence-electron chi connectivity index (χ0n) is 16.5. The van der Waals surface area contributed by atoms with E-state index in [2.05, 4.69) is 10.3 Å². The highest BCUT2D eigenvalue weighted by atomic mass is 16.2. The van der Waals surface area contributed by atoms with Crippen molar-refractivity contribution in [2.45, 2.75) is 25.9 Å². The maximum Gasteiger partial charge on any atom is 0.261 e. The number of hydrogen-bond acceptors (Lipinski definition) is 4. The normalized spacial score (nSPS) is 12.9. The fraction of sp³-hybridized carbons (Fsp3) is 0.217. The molecule has 0 atom stereocenters. The Hall–Kier alpha value is -3.74. The fourth-order valence-electron chi connectivity index (χ4n) is 3.48. The molecule has 1 aliphatic rings. The Bertz CT molecular complexity index is 1020. The molecule has 3 aromatic rings. The summed E-state index contributed by atoms with van der Waals surface area (Å²) in [5.74, 6) is -0.673. The van der Waals surface area contributed by atoms with E-state index < -0.39 is 0 Å². The minimum atomic E-state index is -0.285. The molecular formula is C23H22N4O3. The summed E-state index contributed by atoms with van der Waals surface area (Å²) in [5, 5.41) is 2.89. The summed E-state index contributed by atoms with van der Waals surface area (Å²) in [6, 6.07) is 14.8. The van der Waals surface area contributed by atoms with Crippen molar-refractivity contribution in [1.82, 2.24) is 19.8 Å². The summed E-state index contributed by atoms with van der Waals surface area (Å²) < 4.78 is 1.99. The number of imide groups is 1. The number of rotatable bonds is 8. The molecule has 1 aromatic heterocycles. The molecule has 0 saturated heterocycles. The lowest BCUT2D eigenvalue weighted by atomic mass is 10.1. The second-order valence-electron chi connectivity index (χ2n) is 7.24. The van der Waals surface area contributed by atoms with Gasteiger partial charge in [-0.05, 0) is 29.7 Å². The third kappa shape index (κ3) is 4.30. The smallest absolute Gasteiger partial charge is 0.261 e. The summed E-state index contributed by atoms with van der Waals surface area (Å²) in [6.07, 6.45) is 6.12. The van der Waals surface area contributed by atoms with Gasteiger partial charge in [0.05, 0.1) is 17.5 Å². The zero-order valence-corrected chi connectivity index (χ0v) is 16.5. The summed E-state index contributed by atoms with van der Waals surface area (Å²) in [7, 11) is 0. The van der Waals surface area contributed by atoms with Gasteiger partial charge in [0.2, 0.25) is 5.91 Å². The molecule has 2 aromatic carbocycles. The van der Waals surface area contributed by atoms with Crippen LogP contribution in [0.1, 0.15) is 44.7 Å². The first-order chi connectivity index (χ1) is 14.6. The van der Waals surface area contributed by atoms with E-state index >= 15 is 0 Å². The summed E-state index contributed by atoms with van der Waals surface area (Å²) in [5.41, 5.74) is 3.04. The van der Waals surface area contributed by atoms with Crippen LogP contribution in [0.25, 0.3) is 0 Å². The van der Waals surface area contributed by atoms with E-state index in [9.17, 15) is 14.4 Å². The van der Waals surface area contributed by atoms with E-state index in [-0.39, 0.29) is 30.7 Å². The van der Waals surface area contributed by atoms with E-state index in [1.165, 1.54) is 4.90 Å². The Morgan fingerprint density at radius 3 is 2.23 bits per heavy atom. The first-order valence-corrected chi connectivity index (χ1v) is 9.87. The lowest BCUT2D eigenvalue weighted by Crippen LogP contribution is -2.32. The largest absolute Gasteiger partial charge is 0.352 e. The predicted molar refractivity (Wildman–Crippen MR) is 111 cm³/mol. The number of nitrogens with zero attached hydrogens (tertiary/aromatic N) is 3. The number of fused-ring (bicyclic) bond motifs is 1. The van der Waals surface area contributed by atoms with Crippen LogP contribution in [0.4, 0.5) is 0 Å². The van der Waals surface area contributed by atoms with E-state index in [1.807, 2.05) is 35.0 Å². The Balaban J connectivity index is 1.20. The van der Waals surface area contributed by atoms with Crippen molar-refractivity contribution in [3.8, 4) is 0 Å². The van der Waals surface area contributed by atoms with E-state index in [4.69, 9.17) is 0 Å². The first kappa shape index (κ1) is 19.6. The SMILES string of the molecule is O=C(CCCN1C(=O)c2ccccc2C1=O)NCc1ccc(Cn2ccnc2)cc1. The van der Waals surface area contributed by atoms with Crippen molar-refractivity contribution >= 4 is 17.7 Å². The number of nitrogens with one attached hydrogen (secondary N) is 1. The topological polar surface area (TPSA) is 84.3 Å². The minimum absolute atomic E-state index is 0.103. The highest BCUT2D eigenvalue weighted by Crippen LogP contribution is 2.22. The van der Waals surface area contributed by atoms with Crippen LogP contribution < -0.4 is 5.32 Å². The maximum absolute atomic E-state index is 12.3.